The van der Waals surface area contributed by atoms with E-state index in [1.165, 1.54) is 11.0 Å². The fourth-order valence-corrected chi connectivity index (χ4v) is 9.37. The summed E-state index contributed by atoms with van der Waals surface area (Å²) in [5, 5.41) is 0. The van der Waals surface area contributed by atoms with Crippen LogP contribution in [0.4, 0.5) is 0 Å². The molecule has 0 radical (unpaired) electrons. The zero-order valence-corrected chi connectivity index (χ0v) is 43.9. The van der Waals surface area contributed by atoms with E-state index in [-0.39, 0.29) is 96.1 Å². The Kier molecular flexibility index (Phi) is 28.6. The first-order chi connectivity index (χ1) is 32.4. The predicted octanol–water partition coefficient (Wildman–Crippen LogP) is 8.59. The summed E-state index contributed by atoms with van der Waals surface area (Å²) in [5.41, 5.74) is 1.93. The summed E-state index contributed by atoms with van der Waals surface area (Å²) in [6, 6.07) is 0. The van der Waals surface area contributed by atoms with Gasteiger partial charge in [0.2, 0.25) is 6.41 Å². The third kappa shape index (κ3) is 20.3. The summed E-state index contributed by atoms with van der Waals surface area (Å²) in [5.74, 6) is -1.91. The maximum Gasteiger partial charge on any atom is 0.331 e. The molecule has 0 aromatic rings. The first kappa shape index (κ1) is 60.4. The molecule has 1 amide bonds. The van der Waals surface area contributed by atoms with E-state index in [1.807, 2.05) is 65.0 Å². The molecule has 14 nitrogen and oxygen atoms in total. The Morgan fingerprint density at radius 1 is 0.794 bits per heavy atom. The molecular weight excluding hydrogens is 871 g/mol. The largest absolute Gasteiger partial charge is 0.458 e. The minimum absolute atomic E-state index is 0.0107. The van der Waals surface area contributed by atoms with Crippen molar-refractivity contribution in [2.24, 2.45) is 35.5 Å². The predicted molar refractivity (Wildman–Crippen MR) is 264 cm³/mol. The van der Waals surface area contributed by atoms with Crippen LogP contribution < -0.4 is 0 Å². The molecule has 2 aliphatic heterocycles. The normalized spacial score (nSPS) is 31.9. The van der Waals surface area contributed by atoms with Gasteiger partial charge < -0.3 is 47.5 Å². The van der Waals surface area contributed by atoms with Gasteiger partial charge >= 0.3 is 11.9 Å². The van der Waals surface area contributed by atoms with E-state index >= 15 is 0 Å². The van der Waals surface area contributed by atoms with E-state index in [4.69, 9.17) is 42.6 Å². The van der Waals surface area contributed by atoms with E-state index in [0.717, 1.165) is 11.1 Å². The number of cyclic esters (lactones) is 1. The molecule has 2 bridgehead atoms. The molecule has 0 N–H and O–H groups in total. The van der Waals surface area contributed by atoms with Gasteiger partial charge in [0, 0.05) is 130 Å². The zero-order chi connectivity index (χ0) is 50.9. The number of hydrogen-bond donors (Lipinski definition) is 0. The molecule has 386 valence electrons. The highest BCUT2D eigenvalue weighted by Crippen LogP contribution is 2.33. The van der Waals surface area contributed by atoms with Gasteiger partial charge in [0.25, 0.3) is 0 Å². The molecule has 14 heteroatoms. The molecule has 68 heavy (non-hydrogen) atoms. The van der Waals surface area contributed by atoms with Gasteiger partial charge in [-0.2, -0.15) is 0 Å². The number of carbonyl (C=O) groups is 4. The van der Waals surface area contributed by atoms with Crippen LogP contribution >= 0.6 is 0 Å². The Hall–Kier alpha value is -3.76. The van der Waals surface area contributed by atoms with E-state index in [2.05, 4.69) is 19.9 Å². The van der Waals surface area contributed by atoms with Crippen molar-refractivity contribution in [1.82, 2.24) is 4.90 Å². The Morgan fingerprint density at radius 2 is 1.43 bits per heavy atom. The lowest BCUT2D eigenvalue weighted by atomic mass is 9.81. The minimum atomic E-state index is -0.609. The number of fused-ring (bicyclic) bond motifs is 2. The Labute approximate surface area is 408 Å². The SMILES string of the molecule is CO[C@@H]1CC2=CC(=O)O[C@H](C2)[C@@H](C)[C@H](OC)C[C@@H](OC)/C=C/[C@H](C)[C@H](OC)C[C@@H](OC)/C=C/[C@H](C)[C@@H]([C@H](C)[C@H](OC)[C@H](C)CCC(=O)[C@H](C)[C@H](C/C=C/N(C)C=O)OC)OC(=O)/C=C/C=C(\C)C1. The lowest BCUT2D eigenvalue weighted by molar-refractivity contribution is -0.152. The number of nitrogens with zero attached hydrogens (tertiary/aromatic N) is 1. The van der Waals surface area contributed by atoms with Crippen LogP contribution in [0.2, 0.25) is 0 Å². The molecule has 0 spiro atoms. The van der Waals surface area contributed by atoms with E-state index < -0.39 is 12.1 Å². The minimum Gasteiger partial charge on any atom is -0.458 e. The summed E-state index contributed by atoms with van der Waals surface area (Å²) < 4.78 is 53.8. The van der Waals surface area contributed by atoms with Gasteiger partial charge in [0.1, 0.15) is 18.0 Å². The zero-order valence-electron chi connectivity index (χ0n) is 43.9. The van der Waals surface area contributed by atoms with Crippen molar-refractivity contribution in [3.63, 3.8) is 0 Å². The highest BCUT2D eigenvalue weighted by atomic mass is 16.6. The van der Waals surface area contributed by atoms with Gasteiger partial charge in [-0.25, -0.2) is 9.59 Å². The standard InChI is InChI=1S/C54H87NO13/c1-35-18-16-20-51(58)68-54(41(7)53(66-15)37(3)23-26-46(57)39(5)47(63-12)19-17-27-55(8)34-56)38(4)22-25-43(60-9)32-48(64-13)36(2)21-24-44(61-10)33-49(65-14)40(6)50-30-42(31-52(59)67-50)29-45(28-35)62-11/h16-18,20-22,24-25,27,31,34,36-41,43-45,47-50,53-54H,19,23,26,28-30,32-33H2,1-15H3/b20-16+,24-21+,25-22+,27-17+,35-18+/t36-,37+,38-,39-,40-,41+,43-,44-,45-,47-,48+,49+,50+,53+,54-/m0/s1. The molecule has 2 heterocycles. The molecule has 0 fully saturated rings. The molecule has 0 aromatic carbocycles. The van der Waals surface area contributed by atoms with Crippen molar-refractivity contribution in [2.45, 2.75) is 155 Å². The number of Topliss-reactive ketones (excluding diaryl/α,β-unsaturated/α-hetero) is 1. The highest BCUT2D eigenvalue weighted by molar-refractivity contribution is 5.84. The van der Waals surface area contributed by atoms with Crippen LogP contribution in [0.3, 0.4) is 0 Å². The molecule has 0 aliphatic carbocycles. The Bertz CT molecular complexity index is 1700. The van der Waals surface area contributed by atoms with Crippen LogP contribution in [0.25, 0.3) is 0 Å². The number of methoxy groups -OCH3 is 7. The van der Waals surface area contributed by atoms with Crippen LogP contribution in [0.1, 0.15) is 99.8 Å². The highest BCUT2D eigenvalue weighted by Gasteiger charge is 2.37. The van der Waals surface area contributed by atoms with E-state index in [1.54, 1.807) is 75.2 Å². The van der Waals surface area contributed by atoms with Gasteiger partial charge in [-0.05, 0) is 38.5 Å². The maximum absolute atomic E-state index is 13.7. The summed E-state index contributed by atoms with van der Waals surface area (Å²) >= 11 is 0. The number of ether oxygens (including phenoxy) is 9. The topological polar surface area (TPSA) is 155 Å². The van der Waals surface area contributed by atoms with Gasteiger partial charge in [-0.3, -0.25) is 9.59 Å². The second-order valence-electron chi connectivity index (χ2n) is 18.9. The molecule has 0 unspecified atom stereocenters. The van der Waals surface area contributed by atoms with Crippen LogP contribution in [-0.2, 0) is 61.8 Å². The quantitative estimate of drug-likeness (QED) is 0.0691. The second kappa shape index (κ2) is 32.2. The lowest BCUT2D eigenvalue weighted by Crippen LogP contribution is -2.41. The van der Waals surface area contributed by atoms with Crippen molar-refractivity contribution >= 4 is 24.1 Å². The summed E-state index contributed by atoms with van der Waals surface area (Å²) in [6.45, 7) is 14.1. The monoisotopic (exact) mass is 958 g/mol. The van der Waals surface area contributed by atoms with Crippen molar-refractivity contribution in [3.05, 3.63) is 72.0 Å². The summed E-state index contributed by atoms with van der Waals surface area (Å²) in [6.07, 6.45) is 20.1. The third-order valence-corrected chi connectivity index (χ3v) is 13.9. The molecule has 0 saturated heterocycles. The first-order valence-corrected chi connectivity index (χ1v) is 24.3. The van der Waals surface area contributed by atoms with Crippen LogP contribution in [-0.4, -0.2) is 141 Å². The van der Waals surface area contributed by atoms with Crippen LogP contribution in [0.5, 0.6) is 0 Å². The molecule has 0 aromatic heterocycles. The van der Waals surface area contributed by atoms with Gasteiger partial charge in [-0.15, -0.1) is 0 Å². The number of allylic oxidation sites excluding steroid dienone is 2. The molecule has 15 atom stereocenters. The van der Waals surface area contributed by atoms with Gasteiger partial charge in [-0.1, -0.05) is 95.2 Å². The van der Waals surface area contributed by atoms with Crippen molar-refractivity contribution in [1.29, 1.82) is 0 Å². The molecule has 2 rings (SSSR count). The van der Waals surface area contributed by atoms with Crippen LogP contribution in [0, 0.1) is 35.5 Å². The summed E-state index contributed by atoms with van der Waals surface area (Å²) in [7, 11) is 13.3. The van der Waals surface area contributed by atoms with Gasteiger partial charge in [0.05, 0.1) is 42.7 Å². The number of esters is 2. The third-order valence-electron chi connectivity index (χ3n) is 13.9. The van der Waals surface area contributed by atoms with Crippen molar-refractivity contribution in [3.8, 4) is 0 Å². The Balaban J connectivity index is 2.49. The Morgan fingerprint density at radius 3 is 2.00 bits per heavy atom. The van der Waals surface area contributed by atoms with E-state index in [0.29, 0.717) is 57.8 Å². The number of ketones is 1. The maximum atomic E-state index is 13.7. The number of carbonyl (C=O) groups excluding carboxylic acids is 4. The fraction of sp³-hybridized carbons (Fsp3) is 0.704. The van der Waals surface area contributed by atoms with Gasteiger partial charge in [0.15, 0.2) is 0 Å². The number of rotatable bonds is 19. The second-order valence-corrected chi connectivity index (χ2v) is 18.9. The molecule has 0 saturated carbocycles. The first-order valence-electron chi connectivity index (χ1n) is 24.3. The smallest absolute Gasteiger partial charge is 0.331 e. The molecule has 2 aliphatic rings. The average molecular weight is 958 g/mol. The average Bonchev–Trinajstić information content (AvgIpc) is 3.32. The lowest BCUT2D eigenvalue weighted by Gasteiger charge is -2.35. The number of hydrogen-bond acceptors (Lipinski definition) is 13. The van der Waals surface area contributed by atoms with Crippen molar-refractivity contribution < 1.29 is 61.8 Å². The summed E-state index contributed by atoms with van der Waals surface area (Å²) in [4.78, 5) is 52.5. The van der Waals surface area contributed by atoms with Crippen LogP contribution in [0.15, 0.2) is 72.0 Å². The fourth-order valence-electron chi connectivity index (χ4n) is 9.37. The van der Waals surface area contributed by atoms with E-state index in [9.17, 15) is 19.2 Å². The van der Waals surface area contributed by atoms with Crippen molar-refractivity contribution in [2.75, 3.05) is 56.8 Å². The molecular formula is C54H87NO13. The number of amides is 1.